The van der Waals surface area contributed by atoms with Crippen molar-refractivity contribution < 1.29 is 23.2 Å². The van der Waals surface area contributed by atoms with Crippen molar-refractivity contribution in [2.75, 3.05) is 12.5 Å². The van der Waals surface area contributed by atoms with E-state index in [1.807, 2.05) is 0 Å². The second-order valence-corrected chi connectivity index (χ2v) is 6.34. The highest BCUT2D eigenvalue weighted by molar-refractivity contribution is 7.89. The first-order chi connectivity index (χ1) is 11.7. The summed E-state index contributed by atoms with van der Waals surface area (Å²) < 4.78 is 27.5. The molecule has 11 heteroatoms. The third-order valence-electron chi connectivity index (χ3n) is 3.10. The van der Waals surface area contributed by atoms with Crippen LogP contribution in [0.5, 0.6) is 11.5 Å². The summed E-state index contributed by atoms with van der Waals surface area (Å²) in [5, 5.41) is 29.5. The topological polar surface area (TPSA) is 157 Å². The molecule has 0 atom stereocenters. The van der Waals surface area contributed by atoms with Gasteiger partial charge in [0.05, 0.1) is 23.1 Å². The number of nitro benzene ring substituents is 1. The van der Waals surface area contributed by atoms with Crippen molar-refractivity contribution in [1.82, 2.24) is 0 Å². The Labute approximate surface area is 142 Å². The van der Waals surface area contributed by atoms with Crippen molar-refractivity contribution in [2.24, 2.45) is 10.2 Å². The molecule has 0 fully saturated rings. The zero-order valence-corrected chi connectivity index (χ0v) is 13.7. The maximum atomic E-state index is 11.3. The van der Waals surface area contributed by atoms with E-state index in [1.165, 1.54) is 31.5 Å². The highest BCUT2D eigenvalue weighted by atomic mass is 32.2. The van der Waals surface area contributed by atoms with Crippen LogP contribution in [-0.4, -0.2) is 31.8 Å². The van der Waals surface area contributed by atoms with Crippen LogP contribution in [0.4, 0.5) is 11.4 Å². The molecule has 25 heavy (non-hydrogen) atoms. The molecule has 2 aromatic rings. The molecule has 2 rings (SSSR count). The normalized spacial score (nSPS) is 11.4. The minimum absolute atomic E-state index is 0.0219. The van der Waals surface area contributed by atoms with Crippen LogP contribution in [-0.2, 0) is 10.0 Å². The van der Waals surface area contributed by atoms with Crippen LogP contribution < -0.4 is 15.3 Å². The van der Waals surface area contributed by atoms with Crippen LogP contribution in [0, 0.1) is 10.1 Å². The number of hydrogen-bond donors (Lipinski definition) is 3. The lowest BCUT2D eigenvalue weighted by Gasteiger charge is -2.05. The Morgan fingerprint density at radius 1 is 1.32 bits per heavy atom. The van der Waals surface area contributed by atoms with Crippen molar-refractivity contribution in [1.29, 1.82) is 0 Å². The van der Waals surface area contributed by atoms with E-state index in [4.69, 9.17) is 9.88 Å². The number of nitrogens with zero attached hydrogens (tertiary/aromatic N) is 2. The van der Waals surface area contributed by atoms with Gasteiger partial charge in [0, 0.05) is 6.07 Å². The van der Waals surface area contributed by atoms with Crippen molar-refractivity contribution in [3.63, 3.8) is 0 Å². The number of aromatic hydroxyl groups is 1. The molecule has 0 saturated heterocycles. The number of sulfonamides is 1. The number of hydrogen-bond acceptors (Lipinski definition) is 8. The molecule has 0 amide bonds. The van der Waals surface area contributed by atoms with Crippen molar-refractivity contribution in [2.45, 2.75) is 4.90 Å². The molecule has 0 heterocycles. The molecule has 0 aromatic heterocycles. The van der Waals surface area contributed by atoms with Gasteiger partial charge in [-0.1, -0.05) is 0 Å². The van der Waals surface area contributed by atoms with Crippen LogP contribution in [0.1, 0.15) is 5.56 Å². The molecular weight excluding hydrogens is 352 g/mol. The van der Waals surface area contributed by atoms with Crippen LogP contribution >= 0.6 is 0 Å². The number of phenols is 1. The van der Waals surface area contributed by atoms with Crippen LogP contribution in [0.25, 0.3) is 0 Å². The van der Waals surface area contributed by atoms with Crippen LogP contribution in [0.15, 0.2) is 46.4 Å². The van der Waals surface area contributed by atoms with Gasteiger partial charge in [0.25, 0.3) is 5.69 Å². The number of nitrogens with two attached hydrogens (primary N) is 1. The van der Waals surface area contributed by atoms with E-state index in [1.54, 1.807) is 6.07 Å². The van der Waals surface area contributed by atoms with Crippen LogP contribution in [0.2, 0.25) is 0 Å². The number of nitro groups is 1. The third-order valence-corrected chi connectivity index (χ3v) is 4.01. The van der Waals surface area contributed by atoms with Gasteiger partial charge in [0.2, 0.25) is 10.0 Å². The molecule has 0 radical (unpaired) electrons. The summed E-state index contributed by atoms with van der Waals surface area (Å²) in [5.74, 6) is 0.203. The Morgan fingerprint density at radius 3 is 2.60 bits per heavy atom. The number of methoxy groups -OCH3 is 1. The summed E-state index contributed by atoms with van der Waals surface area (Å²) in [5.41, 5.74) is 2.44. The third kappa shape index (κ3) is 4.43. The van der Waals surface area contributed by atoms with E-state index in [9.17, 15) is 23.6 Å². The van der Waals surface area contributed by atoms with E-state index in [0.717, 1.165) is 12.1 Å². The number of anilines is 1. The molecule has 0 aliphatic carbocycles. The molecule has 2 aromatic carbocycles. The summed E-state index contributed by atoms with van der Waals surface area (Å²) in [6.07, 6.45) is 1.32. The van der Waals surface area contributed by atoms with Crippen molar-refractivity contribution in [3.8, 4) is 11.5 Å². The second kappa shape index (κ2) is 7.15. The number of primary sulfonamides is 1. The Bertz CT molecular complexity index is 942. The monoisotopic (exact) mass is 366 g/mol. The predicted molar refractivity (Wildman–Crippen MR) is 90.3 cm³/mol. The minimum Gasteiger partial charge on any atom is -0.504 e. The van der Waals surface area contributed by atoms with Gasteiger partial charge in [-0.05, 0) is 35.9 Å². The van der Waals surface area contributed by atoms with Gasteiger partial charge in [0.1, 0.15) is 5.69 Å². The highest BCUT2D eigenvalue weighted by Crippen LogP contribution is 2.28. The zero-order valence-electron chi connectivity index (χ0n) is 12.9. The van der Waals surface area contributed by atoms with E-state index < -0.39 is 20.6 Å². The summed E-state index contributed by atoms with van der Waals surface area (Å²) in [4.78, 5) is 9.94. The number of hydrazone groups is 1. The first-order valence-electron chi connectivity index (χ1n) is 6.69. The fourth-order valence-electron chi connectivity index (χ4n) is 1.90. The van der Waals surface area contributed by atoms with Gasteiger partial charge in [-0.25, -0.2) is 13.6 Å². The Morgan fingerprint density at radius 2 is 2.04 bits per heavy atom. The van der Waals surface area contributed by atoms with Crippen LogP contribution in [0.3, 0.4) is 0 Å². The van der Waals surface area contributed by atoms with Crippen molar-refractivity contribution in [3.05, 3.63) is 52.1 Å². The lowest BCUT2D eigenvalue weighted by molar-refractivity contribution is -0.384. The number of nitrogens with one attached hydrogen (secondary N) is 1. The Kier molecular flexibility index (Phi) is 5.20. The standard InChI is InChI=1S/C14H14N4O6S/c1-24-14-5-2-9(6-13(14)19)8-16-17-11-4-3-10(25(15,22)23)7-12(11)18(20)21/h2-8,17,19H,1H3,(H2,15,22,23). The highest BCUT2D eigenvalue weighted by Gasteiger charge is 2.18. The molecule has 10 nitrogen and oxygen atoms in total. The average Bonchev–Trinajstić information content (AvgIpc) is 2.54. The lowest BCUT2D eigenvalue weighted by Crippen LogP contribution is -2.12. The molecule has 0 spiro atoms. The number of rotatable bonds is 6. The van der Waals surface area contributed by atoms with Gasteiger partial charge in [-0.15, -0.1) is 0 Å². The van der Waals surface area contributed by atoms with Gasteiger partial charge in [-0.3, -0.25) is 15.5 Å². The summed E-state index contributed by atoms with van der Waals surface area (Å²) in [6, 6.07) is 7.68. The van der Waals surface area contributed by atoms with E-state index in [0.29, 0.717) is 11.3 Å². The smallest absolute Gasteiger partial charge is 0.295 e. The van der Waals surface area contributed by atoms with Gasteiger partial charge in [-0.2, -0.15) is 5.10 Å². The first kappa shape index (κ1) is 18.2. The molecule has 0 bridgehead atoms. The first-order valence-corrected chi connectivity index (χ1v) is 8.24. The minimum atomic E-state index is -4.06. The molecular formula is C14H14N4O6S. The fraction of sp³-hybridized carbons (Fsp3) is 0.0714. The summed E-state index contributed by atoms with van der Waals surface area (Å²) >= 11 is 0. The molecule has 0 unspecified atom stereocenters. The van der Waals surface area contributed by atoms with Gasteiger partial charge in [0.15, 0.2) is 11.5 Å². The number of ether oxygens (including phenoxy) is 1. The lowest BCUT2D eigenvalue weighted by atomic mass is 10.2. The summed E-state index contributed by atoms with van der Waals surface area (Å²) in [6.45, 7) is 0. The average molecular weight is 366 g/mol. The van der Waals surface area contributed by atoms with E-state index in [2.05, 4.69) is 10.5 Å². The largest absolute Gasteiger partial charge is 0.504 e. The molecule has 132 valence electrons. The SMILES string of the molecule is COc1ccc(C=NNc2ccc(S(N)(=O)=O)cc2[N+](=O)[O-])cc1O. The van der Waals surface area contributed by atoms with Gasteiger partial charge < -0.3 is 9.84 Å². The Balaban J connectivity index is 2.25. The number of benzene rings is 2. The molecule has 4 N–H and O–H groups in total. The molecule has 0 aliphatic rings. The predicted octanol–water partition coefficient (Wildman–Crippen LogP) is 1.40. The zero-order chi connectivity index (χ0) is 18.6. The van der Waals surface area contributed by atoms with E-state index >= 15 is 0 Å². The quantitative estimate of drug-likeness (QED) is 0.396. The van der Waals surface area contributed by atoms with Crippen molar-refractivity contribution >= 4 is 27.6 Å². The molecule has 0 saturated carbocycles. The summed E-state index contributed by atoms with van der Waals surface area (Å²) in [7, 11) is -2.65. The molecule has 0 aliphatic heterocycles. The second-order valence-electron chi connectivity index (χ2n) is 4.78. The maximum Gasteiger partial charge on any atom is 0.295 e. The van der Waals surface area contributed by atoms with Gasteiger partial charge >= 0.3 is 0 Å². The maximum absolute atomic E-state index is 11.3. The van der Waals surface area contributed by atoms with E-state index in [-0.39, 0.29) is 16.3 Å². The number of phenolic OH excluding ortho intramolecular Hbond substituents is 1. The Hall–Kier alpha value is -3.18. The fourth-order valence-corrected chi connectivity index (χ4v) is 2.43.